The molecule has 0 bridgehead atoms. The molecule has 2 N–H and O–H groups in total. The topological polar surface area (TPSA) is 41.1 Å². The van der Waals surface area contributed by atoms with Gasteiger partial charge in [-0.15, -0.1) is 12.4 Å². The van der Waals surface area contributed by atoms with Gasteiger partial charge in [0.25, 0.3) is 0 Å². The lowest BCUT2D eigenvalue weighted by Crippen LogP contribution is -2.36. The van der Waals surface area contributed by atoms with Crippen molar-refractivity contribution in [3.63, 3.8) is 0 Å². The van der Waals surface area contributed by atoms with E-state index in [9.17, 15) is 4.79 Å². The number of likely N-dealkylation sites (N-methyl/N-ethyl adjacent to an activating group) is 1. The summed E-state index contributed by atoms with van der Waals surface area (Å²) in [6.07, 6.45) is 1.71. The first-order chi connectivity index (χ1) is 9.52. The highest BCUT2D eigenvalue weighted by molar-refractivity contribution is 9.10. The van der Waals surface area contributed by atoms with Crippen LogP contribution in [0.1, 0.15) is 25.8 Å². The SMILES string of the molecule is CNCCNC(=O)C(Cc1cccc(Br)c1)CC(C)C.Cl. The van der Waals surface area contributed by atoms with Gasteiger partial charge in [0, 0.05) is 23.5 Å². The van der Waals surface area contributed by atoms with Crippen molar-refractivity contribution in [1.82, 2.24) is 10.6 Å². The molecule has 1 unspecified atom stereocenters. The molecular weight excluding hydrogens is 352 g/mol. The molecule has 0 heterocycles. The molecule has 0 aliphatic carbocycles. The van der Waals surface area contributed by atoms with Crippen molar-refractivity contribution in [3.8, 4) is 0 Å². The highest BCUT2D eigenvalue weighted by atomic mass is 79.9. The summed E-state index contributed by atoms with van der Waals surface area (Å²) in [5.74, 6) is 0.720. The standard InChI is InChI=1S/C16H25BrN2O.ClH/c1-12(2)9-14(16(20)19-8-7-18-3)10-13-5-4-6-15(17)11-13;/h4-6,11-12,14,18H,7-10H2,1-3H3,(H,19,20);1H. The van der Waals surface area contributed by atoms with Crippen LogP contribution >= 0.6 is 28.3 Å². The first-order valence-electron chi connectivity index (χ1n) is 7.19. The molecule has 0 aromatic heterocycles. The Labute approximate surface area is 142 Å². The van der Waals surface area contributed by atoms with Crippen LogP contribution in [0.3, 0.4) is 0 Å². The van der Waals surface area contributed by atoms with Crippen molar-refractivity contribution in [2.45, 2.75) is 26.7 Å². The average molecular weight is 378 g/mol. The van der Waals surface area contributed by atoms with E-state index >= 15 is 0 Å². The van der Waals surface area contributed by atoms with Gasteiger partial charge in [-0.3, -0.25) is 4.79 Å². The second kappa shape index (κ2) is 11.0. The summed E-state index contributed by atoms with van der Waals surface area (Å²) in [7, 11) is 1.89. The Morgan fingerprint density at radius 3 is 2.57 bits per heavy atom. The van der Waals surface area contributed by atoms with Crippen LogP contribution in [0.2, 0.25) is 0 Å². The Bertz CT molecular complexity index is 426. The molecule has 0 aliphatic rings. The molecule has 120 valence electrons. The number of rotatable bonds is 8. The molecule has 0 aliphatic heterocycles. The molecule has 0 fully saturated rings. The van der Waals surface area contributed by atoms with Gasteiger partial charge in [0.15, 0.2) is 0 Å². The third-order valence-electron chi connectivity index (χ3n) is 3.17. The molecule has 1 aromatic rings. The molecule has 21 heavy (non-hydrogen) atoms. The molecule has 1 rings (SSSR count). The van der Waals surface area contributed by atoms with E-state index in [1.807, 2.05) is 19.2 Å². The van der Waals surface area contributed by atoms with Crippen LogP contribution < -0.4 is 10.6 Å². The Kier molecular flexibility index (Phi) is 10.7. The minimum Gasteiger partial charge on any atom is -0.355 e. The zero-order chi connectivity index (χ0) is 15.0. The number of carbonyl (C=O) groups excluding carboxylic acids is 1. The molecular formula is C16H26BrClN2O. The molecule has 5 heteroatoms. The van der Waals surface area contributed by atoms with Gasteiger partial charge in [-0.25, -0.2) is 0 Å². The normalized spacial score (nSPS) is 11.9. The highest BCUT2D eigenvalue weighted by Gasteiger charge is 2.20. The maximum Gasteiger partial charge on any atom is 0.223 e. The van der Waals surface area contributed by atoms with E-state index in [0.29, 0.717) is 12.5 Å². The summed E-state index contributed by atoms with van der Waals surface area (Å²) in [6, 6.07) is 8.20. The van der Waals surface area contributed by atoms with Gasteiger partial charge in [0.2, 0.25) is 5.91 Å². The van der Waals surface area contributed by atoms with Crippen LogP contribution in [-0.2, 0) is 11.2 Å². The molecule has 0 radical (unpaired) electrons. The summed E-state index contributed by atoms with van der Waals surface area (Å²) in [5, 5.41) is 6.05. The summed E-state index contributed by atoms with van der Waals surface area (Å²) >= 11 is 3.48. The Morgan fingerprint density at radius 2 is 2.00 bits per heavy atom. The zero-order valence-corrected chi connectivity index (χ0v) is 15.4. The summed E-state index contributed by atoms with van der Waals surface area (Å²) in [6.45, 7) is 5.81. The summed E-state index contributed by atoms with van der Waals surface area (Å²) in [4.78, 5) is 12.3. The average Bonchev–Trinajstić information content (AvgIpc) is 2.37. The number of hydrogen-bond acceptors (Lipinski definition) is 2. The number of benzene rings is 1. The zero-order valence-electron chi connectivity index (χ0n) is 13.0. The predicted molar refractivity (Wildman–Crippen MR) is 95.0 cm³/mol. The van der Waals surface area contributed by atoms with Gasteiger partial charge in [0.05, 0.1) is 0 Å². The predicted octanol–water partition coefficient (Wildman–Crippen LogP) is 3.41. The van der Waals surface area contributed by atoms with Crippen molar-refractivity contribution < 1.29 is 4.79 Å². The van der Waals surface area contributed by atoms with E-state index in [4.69, 9.17) is 0 Å². The van der Waals surface area contributed by atoms with E-state index < -0.39 is 0 Å². The van der Waals surface area contributed by atoms with Crippen molar-refractivity contribution in [3.05, 3.63) is 34.3 Å². The van der Waals surface area contributed by atoms with Crippen LogP contribution in [0.25, 0.3) is 0 Å². The number of halogens is 2. The molecule has 0 spiro atoms. The van der Waals surface area contributed by atoms with Gasteiger partial charge < -0.3 is 10.6 Å². The van der Waals surface area contributed by atoms with Crippen molar-refractivity contribution >= 4 is 34.2 Å². The Hall–Kier alpha value is -0.580. The maximum absolute atomic E-state index is 12.3. The monoisotopic (exact) mass is 376 g/mol. The van der Waals surface area contributed by atoms with E-state index in [2.05, 4.69) is 52.5 Å². The van der Waals surface area contributed by atoms with Crippen LogP contribution in [0, 0.1) is 11.8 Å². The van der Waals surface area contributed by atoms with E-state index in [-0.39, 0.29) is 24.2 Å². The minimum atomic E-state index is 0. The molecule has 1 amide bonds. The number of carbonyl (C=O) groups is 1. The van der Waals surface area contributed by atoms with Crippen LogP contribution in [0.5, 0.6) is 0 Å². The van der Waals surface area contributed by atoms with E-state index in [1.165, 1.54) is 5.56 Å². The number of hydrogen-bond donors (Lipinski definition) is 2. The van der Waals surface area contributed by atoms with Gasteiger partial charge in [-0.05, 0) is 43.5 Å². The fraction of sp³-hybridized carbons (Fsp3) is 0.562. The lowest BCUT2D eigenvalue weighted by atomic mass is 9.90. The minimum absolute atomic E-state index is 0. The van der Waals surface area contributed by atoms with Crippen LogP contribution in [0.15, 0.2) is 28.7 Å². The van der Waals surface area contributed by atoms with Crippen LogP contribution in [0.4, 0.5) is 0 Å². The second-order valence-electron chi connectivity index (χ2n) is 5.56. The van der Waals surface area contributed by atoms with E-state index in [0.717, 1.165) is 23.9 Å². The fourth-order valence-electron chi connectivity index (χ4n) is 2.26. The summed E-state index contributed by atoms with van der Waals surface area (Å²) in [5.41, 5.74) is 1.20. The quantitative estimate of drug-likeness (QED) is 0.682. The van der Waals surface area contributed by atoms with Crippen molar-refractivity contribution in [1.29, 1.82) is 0 Å². The summed E-state index contributed by atoms with van der Waals surface area (Å²) < 4.78 is 1.06. The third-order valence-corrected chi connectivity index (χ3v) is 3.67. The van der Waals surface area contributed by atoms with E-state index in [1.54, 1.807) is 0 Å². The van der Waals surface area contributed by atoms with Gasteiger partial charge in [-0.1, -0.05) is 41.9 Å². The maximum atomic E-state index is 12.3. The molecule has 3 nitrogen and oxygen atoms in total. The third kappa shape index (κ3) is 8.44. The smallest absolute Gasteiger partial charge is 0.223 e. The lowest BCUT2D eigenvalue weighted by Gasteiger charge is -2.19. The van der Waals surface area contributed by atoms with Crippen LogP contribution in [-0.4, -0.2) is 26.0 Å². The largest absolute Gasteiger partial charge is 0.355 e. The van der Waals surface area contributed by atoms with Crippen molar-refractivity contribution in [2.24, 2.45) is 11.8 Å². The van der Waals surface area contributed by atoms with Gasteiger partial charge in [-0.2, -0.15) is 0 Å². The number of nitrogens with one attached hydrogen (secondary N) is 2. The Morgan fingerprint density at radius 1 is 1.29 bits per heavy atom. The molecule has 0 saturated heterocycles. The van der Waals surface area contributed by atoms with Gasteiger partial charge in [0.1, 0.15) is 0 Å². The number of amides is 1. The molecule has 1 aromatic carbocycles. The fourth-order valence-corrected chi connectivity index (χ4v) is 2.70. The highest BCUT2D eigenvalue weighted by Crippen LogP contribution is 2.20. The second-order valence-corrected chi connectivity index (χ2v) is 6.47. The molecule has 1 atom stereocenters. The van der Waals surface area contributed by atoms with Gasteiger partial charge >= 0.3 is 0 Å². The molecule has 0 saturated carbocycles. The first kappa shape index (κ1) is 20.4. The van der Waals surface area contributed by atoms with Crippen molar-refractivity contribution in [2.75, 3.05) is 20.1 Å². The first-order valence-corrected chi connectivity index (χ1v) is 7.99. The Balaban J connectivity index is 0.00000400. The lowest BCUT2D eigenvalue weighted by molar-refractivity contribution is -0.125.